The van der Waals surface area contributed by atoms with Crippen molar-refractivity contribution in [1.82, 2.24) is 20.0 Å². The summed E-state index contributed by atoms with van der Waals surface area (Å²) in [5, 5.41) is 13.9. The maximum Gasteiger partial charge on any atom is 0.264 e. The Morgan fingerprint density at radius 2 is 1.84 bits per heavy atom. The fourth-order valence-corrected chi connectivity index (χ4v) is 3.25. The number of carbonyl (C=O) groups is 1. The summed E-state index contributed by atoms with van der Waals surface area (Å²) in [5.74, 6) is 0.942. The molecule has 1 atom stereocenters. The Morgan fingerprint density at radius 1 is 1.08 bits per heavy atom. The van der Waals surface area contributed by atoms with Crippen molar-refractivity contribution in [3.8, 4) is 5.82 Å². The van der Waals surface area contributed by atoms with E-state index in [1.54, 1.807) is 10.7 Å². The number of anilines is 1. The summed E-state index contributed by atoms with van der Waals surface area (Å²) in [4.78, 5) is 23.5. The van der Waals surface area contributed by atoms with Gasteiger partial charge < -0.3 is 5.32 Å². The van der Waals surface area contributed by atoms with Crippen LogP contribution in [0.4, 0.5) is 5.82 Å². The first-order valence-corrected chi connectivity index (χ1v) is 8.05. The third-order valence-corrected chi connectivity index (χ3v) is 4.46. The highest BCUT2D eigenvalue weighted by Crippen LogP contribution is 2.39. The Morgan fingerprint density at radius 3 is 2.52 bits per heavy atom. The van der Waals surface area contributed by atoms with Crippen molar-refractivity contribution in [2.24, 2.45) is 0 Å². The predicted molar refractivity (Wildman–Crippen MR) is 93.0 cm³/mol. The molecule has 1 aliphatic heterocycles. The van der Waals surface area contributed by atoms with Gasteiger partial charge in [0.15, 0.2) is 5.82 Å². The number of nitrogens with one attached hydrogen (secondary N) is 2. The average molecular weight is 335 g/mol. The molecule has 0 aliphatic carbocycles. The van der Waals surface area contributed by atoms with Gasteiger partial charge in [-0.1, -0.05) is 29.8 Å². The van der Waals surface area contributed by atoms with Gasteiger partial charge in [-0.05, 0) is 25.5 Å². The van der Waals surface area contributed by atoms with Crippen LogP contribution in [-0.4, -0.2) is 25.9 Å². The summed E-state index contributed by atoms with van der Waals surface area (Å²) in [6.45, 7) is 3.95. The molecule has 7 heteroatoms. The molecule has 1 aromatic carbocycles. The molecule has 0 saturated heterocycles. The lowest BCUT2D eigenvalue weighted by Crippen LogP contribution is -2.25. The molecule has 2 aromatic heterocycles. The quantitative estimate of drug-likeness (QED) is 0.749. The fraction of sp³-hybridized carbons (Fsp3) is 0.222. The monoisotopic (exact) mass is 335 g/mol. The number of hydrogen-bond acceptors (Lipinski definition) is 4. The molecule has 0 spiro atoms. The third kappa shape index (κ3) is 2.63. The van der Waals surface area contributed by atoms with E-state index in [1.807, 2.05) is 26.0 Å². The molecule has 25 heavy (non-hydrogen) atoms. The lowest BCUT2D eigenvalue weighted by molar-refractivity contribution is -0.116. The molecule has 0 unspecified atom stereocenters. The van der Waals surface area contributed by atoms with E-state index in [9.17, 15) is 9.59 Å². The smallest absolute Gasteiger partial charge is 0.264 e. The van der Waals surface area contributed by atoms with Crippen LogP contribution in [0.1, 0.15) is 34.7 Å². The minimum absolute atomic E-state index is 0.0548. The van der Waals surface area contributed by atoms with Gasteiger partial charge in [-0.2, -0.15) is 14.9 Å². The summed E-state index contributed by atoms with van der Waals surface area (Å²) < 4.78 is 1.57. The first-order chi connectivity index (χ1) is 12.0. The Hall–Kier alpha value is -3.22. The zero-order valence-corrected chi connectivity index (χ0v) is 13.9. The Labute approximate surface area is 143 Å². The molecule has 0 fully saturated rings. The maximum atomic E-state index is 12.3. The number of H-pyrrole nitrogens is 1. The van der Waals surface area contributed by atoms with Crippen LogP contribution < -0.4 is 10.9 Å². The number of aromatic nitrogens is 4. The molecule has 3 aromatic rings. The molecule has 1 aliphatic rings. The van der Waals surface area contributed by atoms with E-state index in [4.69, 9.17) is 0 Å². The summed E-state index contributed by atoms with van der Waals surface area (Å²) in [6.07, 6.45) is 0.377. The van der Waals surface area contributed by atoms with Crippen molar-refractivity contribution >= 4 is 11.7 Å². The summed E-state index contributed by atoms with van der Waals surface area (Å²) >= 11 is 0. The number of hydrogen-bond donors (Lipinski definition) is 2. The van der Waals surface area contributed by atoms with Crippen LogP contribution in [0, 0.1) is 13.8 Å². The second kappa shape index (κ2) is 5.70. The molecule has 2 N–H and O–H groups in total. The van der Waals surface area contributed by atoms with Gasteiger partial charge in [0.2, 0.25) is 5.91 Å². The van der Waals surface area contributed by atoms with Crippen LogP contribution in [0.5, 0.6) is 0 Å². The van der Waals surface area contributed by atoms with Gasteiger partial charge in [0, 0.05) is 24.0 Å². The zero-order valence-electron chi connectivity index (χ0n) is 13.9. The van der Waals surface area contributed by atoms with Gasteiger partial charge in [0.25, 0.3) is 5.56 Å². The lowest BCUT2D eigenvalue weighted by atomic mass is 9.85. The van der Waals surface area contributed by atoms with Crippen molar-refractivity contribution in [1.29, 1.82) is 0 Å². The first-order valence-electron chi connectivity index (χ1n) is 8.05. The number of aromatic amines is 1. The highest BCUT2D eigenvalue weighted by molar-refractivity contribution is 5.95. The van der Waals surface area contributed by atoms with Crippen molar-refractivity contribution in [3.63, 3.8) is 0 Å². The Balaban J connectivity index is 1.87. The largest absolute Gasteiger partial charge is 0.310 e. The summed E-state index contributed by atoms with van der Waals surface area (Å²) in [5.41, 5.74) is 3.78. The molecule has 1 amide bonds. The highest BCUT2D eigenvalue weighted by atomic mass is 16.1. The van der Waals surface area contributed by atoms with E-state index in [-0.39, 0.29) is 17.4 Å². The van der Waals surface area contributed by atoms with Crippen LogP contribution in [0.3, 0.4) is 0 Å². The van der Waals surface area contributed by atoms with E-state index < -0.39 is 0 Å². The molecule has 3 heterocycles. The second-order valence-corrected chi connectivity index (χ2v) is 6.25. The van der Waals surface area contributed by atoms with Crippen LogP contribution in [0.15, 0.2) is 41.2 Å². The van der Waals surface area contributed by atoms with Crippen LogP contribution in [-0.2, 0) is 4.79 Å². The molecular formula is C18H17N5O2. The fourth-order valence-electron chi connectivity index (χ4n) is 3.25. The van der Waals surface area contributed by atoms with Crippen molar-refractivity contribution in [3.05, 3.63) is 69.1 Å². The molecule has 0 radical (unpaired) electrons. The lowest BCUT2D eigenvalue weighted by Gasteiger charge is -2.24. The normalized spacial score (nSPS) is 16.4. The van der Waals surface area contributed by atoms with Gasteiger partial charge in [0.05, 0.1) is 5.69 Å². The van der Waals surface area contributed by atoms with E-state index in [1.165, 1.54) is 11.6 Å². The topological polar surface area (TPSA) is 92.7 Å². The Kier molecular flexibility index (Phi) is 3.49. The number of aryl methyl sites for hydroxylation is 2. The van der Waals surface area contributed by atoms with Crippen molar-refractivity contribution in [2.45, 2.75) is 26.2 Å². The van der Waals surface area contributed by atoms with E-state index in [0.29, 0.717) is 18.1 Å². The van der Waals surface area contributed by atoms with Crippen molar-refractivity contribution in [2.75, 3.05) is 5.32 Å². The van der Waals surface area contributed by atoms with Crippen LogP contribution >= 0.6 is 0 Å². The number of carbonyl (C=O) groups excluding carboxylic acids is 1. The number of fused-ring (bicyclic) bond motifs is 1. The maximum absolute atomic E-state index is 12.3. The number of benzene rings is 1. The molecular weight excluding hydrogens is 318 g/mol. The first kappa shape index (κ1) is 15.3. The van der Waals surface area contributed by atoms with Gasteiger partial charge in [-0.25, -0.2) is 5.10 Å². The summed E-state index contributed by atoms with van der Waals surface area (Å²) in [7, 11) is 0. The molecule has 126 valence electrons. The SMILES string of the molecule is Cc1ccc([C@H]2CC(=O)Nc3c2c(C)nn3-c2ccc(=O)[nH]n2)cc1. The van der Waals surface area contributed by atoms with Gasteiger partial charge in [-0.3, -0.25) is 9.59 Å². The van der Waals surface area contributed by atoms with E-state index in [0.717, 1.165) is 16.8 Å². The number of amides is 1. The third-order valence-electron chi connectivity index (χ3n) is 4.46. The predicted octanol–water partition coefficient (Wildman–Crippen LogP) is 2.05. The van der Waals surface area contributed by atoms with E-state index in [2.05, 4.69) is 32.7 Å². The molecule has 0 bridgehead atoms. The van der Waals surface area contributed by atoms with Gasteiger partial charge in [-0.15, -0.1) is 0 Å². The van der Waals surface area contributed by atoms with Crippen LogP contribution in [0.25, 0.3) is 5.82 Å². The number of rotatable bonds is 2. The minimum Gasteiger partial charge on any atom is -0.310 e. The van der Waals surface area contributed by atoms with E-state index >= 15 is 0 Å². The summed E-state index contributed by atoms with van der Waals surface area (Å²) in [6, 6.07) is 11.2. The molecule has 7 nitrogen and oxygen atoms in total. The Bertz CT molecular complexity index is 996. The van der Waals surface area contributed by atoms with Crippen LogP contribution in [0.2, 0.25) is 0 Å². The molecule has 0 saturated carbocycles. The van der Waals surface area contributed by atoms with Gasteiger partial charge >= 0.3 is 0 Å². The average Bonchev–Trinajstić information content (AvgIpc) is 2.92. The standard InChI is InChI=1S/C18H17N5O2/c1-10-3-5-12(6-4-10)13-9-16(25)19-18-17(13)11(2)22-23(18)14-7-8-15(24)21-20-14/h3-8,13H,9H2,1-2H3,(H,19,25)(H,21,24)/t13-/m1/s1. The zero-order chi connectivity index (χ0) is 17.6. The van der Waals surface area contributed by atoms with Gasteiger partial charge in [0.1, 0.15) is 5.82 Å². The van der Waals surface area contributed by atoms with Crippen molar-refractivity contribution < 1.29 is 4.79 Å². The minimum atomic E-state index is -0.289. The number of nitrogens with zero attached hydrogens (tertiary/aromatic N) is 3. The molecule has 4 rings (SSSR count). The highest BCUT2D eigenvalue weighted by Gasteiger charge is 2.32. The second-order valence-electron chi connectivity index (χ2n) is 6.25.